The van der Waals surface area contributed by atoms with Gasteiger partial charge in [0.2, 0.25) is 5.82 Å². The Bertz CT molecular complexity index is 1110. The zero-order chi connectivity index (χ0) is 21.4. The molecule has 0 amide bonds. The average molecular weight is 424 g/mol. The summed E-state index contributed by atoms with van der Waals surface area (Å²) >= 11 is 0. The van der Waals surface area contributed by atoms with Gasteiger partial charge in [-0.05, 0) is 53.3 Å². The molecule has 2 aromatic heterocycles. The maximum absolute atomic E-state index is 13.3. The quantitative estimate of drug-likeness (QED) is 0.590. The number of aromatic amines is 1. The van der Waals surface area contributed by atoms with Gasteiger partial charge in [0.05, 0.1) is 30.8 Å². The number of hydrogen-bond donors (Lipinski definition) is 3. The SMILES string of the molecule is Cc1ccc2cc([C@H](c3nnnn3C3CCCCC3)[NH+]3CCC(O)CC3)c(=O)[nH]c2c1. The number of pyridine rings is 1. The molecule has 1 aromatic carbocycles. The summed E-state index contributed by atoms with van der Waals surface area (Å²) in [6.45, 7) is 3.60. The minimum atomic E-state index is -0.267. The smallest absolute Gasteiger partial charge is 0.258 e. The van der Waals surface area contributed by atoms with Crippen LogP contribution in [0.2, 0.25) is 0 Å². The standard InChI is InChI=1S/C23H30N6O2/c1-15-7-8-16-14-19(23(31)24-20(16)13-15)21(28-11-9-18(30)10-12-28)22-25-26-27-29(22)17-5-3-2-4-6-17/h7-8,13-14,17-18,21,30H,2-6,9-12H2,1H3,(H,24,31)/p+1/t21-/m1/s1. The van der Waals surface area contributed by atoms with E-state index in [-0.39, 0.29) is 17.7 Å². The van der Waals surface area contributed by atoms with Gasteiger partial charge >= 0.3 is 0 Å². The molecule has 0 unspecified atom stereocenters. The zero-order valence-electron chi connectivity index (χ0n) is 18.0. The summed E-state index contributed by atoms with van der Waals surface area (Å²) in [6.07, 6.45) is 6.97. The molecule has 1 atom stereocenters. The number of fused-ring (bicyclic) bond motifs is 1. The highest BCUT2D eigenvalue weighted by molar-refractivity contribution is 5.79. The van der Waals surface area contributed by atoms with Gasteiger partial charge in [-0.3, -0.25) is 4.79 Å². The van der Waals surface area contributed by atoms with Crippen molar-refractivity contribution >= 4 is 10.9 Å². The number of H-pyrrole nitrogens is 1. The summed E-state index contributed by atoms with van der Waals surface area (Å²) in [7, 11) is 0. The van der Waals surface area contributed by atoms with Gasteiger partial charge in [-0.15, -0.1) is 5.10 Å². The van der Waals surface area contributed by atoms with Crippen molar-refractivity contribution in [2.24, 2.45) is 0 Å². The van der Waals surface area contributed by atoms with Gasteiger partial charge in [0.15, 0.2) is 6.04 Å². The van der Waals surface area contributed by atoms with E-state index < -0.39 is 0 Å². The summed E-state index contributed by atoms with van der Waals surface area (Å²) < 4.78 is 1.99. The fourth-order valence-electron chi connectivity index (χ4n) is 5.33. The van der Waals surface area contributed by atoms with E-state index in [0.717, 1.165) is 61.1 Å². The summed E-state index contributed by atoms with van der Waals surface area (Å²) in [5.74, 6) is 0.773. The van der Waals surface area contributed by atoms with E-state index in [9.17, 15) is 9.90 Å². The number of hydrogen-bond acceptors (Lipinski definition) is 5. The molecule has 1 aliphatic heterocycles. The number of tetrazole rings is 1. The lowest BCUT2D eigenvalue weighted by Gasteiger charge is -2.33. The van der Waals surface area contributed by atoms with Crippen LogP contribution < -0.4 is 10.5 Å². The lowest BCUT2D eigenvalue weighted by atomic mass is 9.94. The number of likely N-dealkylation sites (tertiary alicyclic amines) is 1. The highest BCUT2D eigenvalue weighted by atomic mass is 16.3. The Morgan fingerprint density at radius 3 is 2.68 bits per heavy atom. The van der Waals surface area contributed by atoms with E-state index in [1.54, 1.807) is 0 Å². The maximum Gasteiger partial charge on any atom is 0.258 e. The van der Waals surface area contributed by atoms with Crippen LogP contribution in [0.4, 0.5) is 0 Å². The number of aryl methyl sites for hydroxylation is 1. The Kier molecular flexibility index (Phi) is 5.58. The molecule has 3 N–H and O–H groups in total. The highest BCUT2D eigenvalue weighted by Crippen LogP contribution is 2.30. The predicted molar refractivity (Wildman–Crippen MR) is 117 cm³/mol. The first-order valence-electron chi connectivity index (χ1n) is 11.5. The fraction of sp³-hybridized carbons (Fsp3) is 0.565. The number of aromatic nitrogens is 5. The van der Waals surface area contributed by atoms with Crippen molar-refractivity contribution in [3.63, 3.8) is 0 Å². The monoisotopic (exact) mass is 423 g/mol. The van der Waals surface area contributed by atoms with Gasteiger partial charge < -0.3 is 15.0 Å². The van der Waals surface area contributed by atoms with Crippen LogP contribution in [0.15, 0.2) is 29.1 Å². The Morgan fingerprint density at radius 1 is 1.13 bits per heavy atom. The Balaban J connectivity index is 1.62. The number of quaternary nitrogens is 1. The minimum absolute atomic E-state index is 0.0834. The van der Waals surface area contributed by atoms with E-state index in [1.807, 2.05) is 23.7 Å². The van der Waals surface area contributed by atoms with Crippen molar-refractivity contribution < 1.29 is 10.0 Å². The molecular weight excluding hydrogens is 392 g/mol. The normalized spacial score (nSPS) is 23.8. The number of piperidine rings is 1. The van der Waals surface area contributed by atoms with E-state index >= 15 is 0 Å². The van der Waals surface area contributed by atoms with Gasteiger partial charge in [0.1, 0.15) is 0 Å². The van der Waals surface area contributed by atoms with Gasteiger partial charge in [-0.25, -0.2) is 4.68 Å². The second-order valence-corrected chi connectivity index (χ2v) is 9.24. The first-order valence-corrected chi connectivity index (χ1v) is 11.5. The van der Waals surface area contributed by atoms with Gasteiger partial charge in [-0.2, -0.15) is 0 Å². The van der Waals surface area contributed by atoms with Crippen molar-refractivity contribution in [1.29, 1.82) is 0 Å². The lowest BCUT2D eigenvalue weighted by molar-refractivity contribution is -0.932. The molecule has 31 heavy (non-hydrogen) atoms. The van der Waals surface area contributed by atoms with Crippen molar-refractivity contribution in [1.82, 2.24) is 25.2 Å². The van der Waals surface area contributed by atoms with E-state index in [0.29, 0.717) is 11.6 Å². The van der Waals surface area contributed by atoms with Crippen LogP contribution in [-0.4, -0.2) is 49.5 Å². The second kappa shape index (κ2) is 8.51. The second-order valence-electron chi connectivity index (χ2n) is 9.24. The third-order valence-corrected chi connectivity index (χ3v) is 7.04. The van der Waals surface area contributed by atoms with Crippen molar-refractivity contribution in [3.05, 3.63) is 51.6 Å². The van der Waals surface area contributed by atoms with Crippen molar-refractivity contribution in [2.45, 2.75) is 70.1 Å². The molecule has 0 bridgehead atoms. The summed E-state index contributed by atoms with van der Waals surface area (Å²) in [6, 6.07) is 8.18. The van der Waals surface area contributed by atoms with Gasteiger partial charge in [0, 0.05) is 18.4 Å². The molecule has 0 spiro atoms. The Labute approximate surface area is 181 Å². The number of nitrogens with one attached hydrogen (secondary N) is 2. The largest absolute Gasteiger partial charge is 0.393 e. The molecule has 164 valence electrons. The van der Waals surface area contributed by atoms with E-state index in [1.165, 1.54) is 24.2 Å². The van der Waals surface area contributed by atoms with Crippen LogP contribution in [0, 0.1) is 6.92 Å². The van der Waals surface area contributed by atoms with Crippen molar-refractivity contribution in [2.75, 3.05) is 13.1 Å². The molecular formula is C23H31N6O2+. The Hall–Kier alpha value is -2.58. The predicted octanol–water partition coefficient (Wildman–Crippen LogP) is 1.46. The summed E-state index contributed by atoms with van der Waals surface area (Å²) in [5.41, 5.74) is 2.59. The maximum atomic E-state index is 13.3. The molecule has 0 radical (unpaired) electrons. The molecule has 1 saturated carbocycles. The van der Waals surface area contributed by atoms with Crippen LogP contribution >= 0.6 is 0 Å². The molecule has 2 aliphatic rings. The molecule has 3 aromatic rings. The fourth-order valence-corrected chi connectivity index (χ4v) is 5.33. The molecule has 5 rings (SSSR count). The zero-order valence-corrected chi connectivity index (χ0v) is 18.0. The van der Waals surface area contributed by atoms with Crippen LogP contribution in [-0.2, 0) is 0 Å². The van der Waals surface area contributed by atoms with Crippen LogP contribution in [0.5, 0.6) is 0 Å². The minimum Gasteiger partial charge on any atom is -0.393 e. The van der Waals surface area contributed by atoms with Crippen LogP contribution in [0.25, 0.3) is 10.9 Å². The number of aliphatic hydroxyl groups is 1. The molecule has 3 heterocycles. The third kappa shape index (κ3) is 4.02. The molecule has 8 nitrogen and oxygen atoms in total. The van der Waals surface area contributed by atoms with Crippen molar-refractivity contribution in [3.8, 4) is 0 Å². The van der Waals surface area contributed by atoms with E-state index in [4.69, 9.17) is 0 Å². The number of aliphatic hydroxyl groups excluding tert-OH is 1. The van der Waals surface area contributed by atoms with E-state index in [2.05, 4.69) is 32.6 Å². The summed E-state index contributed by atoms with van der Waals surface area (Å²) in [4.78, 5) is 17.6. The Morgan fingerprint density at radius 2 is 1.90 bits per heavy atom. The number of benzene rings is 1. The number of rotatable bonds is 4. The first-order chi connectivity index (χ1) is 15.1. The lowest BCUT2D eigenvalue weighted by Crippen LogP contribution is -3.14. The first kappa shape index (κ1) is 20.3. The third-order valence-electron chi connectivity index (χ3n) is 7.04. The average Bonchev–Trinajstić information content (AvgIpc) is 3.26. The molecule has 2 fully saturated rings. The number of nitrogens with zero attached hydrogens (tertiary/aromatic N) is 4. The highest BCUT2D eigenvalue weighted by Gasteiger charge is 2.37. The van der Waals surface area contributed by atoms with Crippen LogP contribution in [0.1, 0.15) is 74.0 Å². The summed E-state index contributed by atoms with van der Waals surface area (Å²) in [5, 5.41) is 24.0. The molecule has 1 saturated heterocycles. The van der Waals surface area contributed by atoms with Gasteiger partial charge in [0.25, 0.3) is 5.56 Å². The topological polar surface area (TPSA) is 101 Å². The molecule has 8 heteroatoms. The molecule has 1 aliphatic carbocycles. The van der Waals surface area contributed by atoms with Gasteiger partial charge in [-0.1, -0.05) is 31.4 Å². The van der Waals surface area contributed by atoms with Crippen LogP contribution in [0.3, 0.4) is 0 Å².